The molecule has 5 nitrogen and oxygen atoms in total. The lowest BCUT2D eigenvalue weighted by molar-refractivity contribution is 0.244. The SMILES string of the molecule is Cc1nc(N2CCCC(CCO)C2)c2c(C)cn(-c3c(Br)cc(Br)cc3Br)c2n1. The van der Waals surface area contributed by atoms with Gasteiger partial charge in [0.1, 0.15) is 11.6 Å². The molecule has 8 heteroatoms. The highest BCUT2D eigenvalue weighted by Gasteiger charge is 2.25. The first-order chi connectivity index (χ1) is 13.9. The first-order valence-corrected chi connectivity index (χ1v) is 12.1. The van der Waals surface area contributed by atoms with Crippen LogP contribution in [0.3, 0.4) is 0 Å². The minimum Gasteiger partial charge on any atom is -0.396 e. The van der Waals surface area contributed by atoms with Crippen molar-refractivity contribution in [2.45, 2.75) is 33.1 Å². The molecule has 0 saturated carbocycles. The lowest BCUT2D eigenvalue weighted by atomic mass is 9.95. The molecule has 3 heterocycles. The fraction of sp³-hybridized carbons (Fsp3) is 0.429. The Morgan fingerprint density at radius 1 is 1.14 bits per heavy atom. The largest absolute Gasteiger partial charge is 0.396 e. The Balaban J connectivity index is 1.88. The van der Waals surface area contributed by atoms with Crippen molar-refractivity contribution in [2.75, 3.05) is 24.6 Å². The average molecular weight is 587 g/mol. The van der Waals surface area contributed by atoms with Gasteiger partial charge in [0, 0.05) is 39.3 Å². The van der Waals surface area contributed by atoms with Crippen LogP contribution >= 0.6 is 47.8 Å². The highest BCUT2D eigenvalue weighted by atomic mass is 79.9. The van der Waals surface area contributed by atoms with Crippen LogP contribution in [0.25, 0.3) is 16.7 Å². The number of aliphatic hydroxyl groups excluding tert-OH is 1. The molecule has 1 N–H and O–H groups in total. The second kappa shape index (κ2) is 8.65. The number of aromatic nitrogens is 3. The number of piperidine rings is 1. The summed E-state index contributed by atoms with van der Waals surface area (Å²) in [5.74, 6) is 2.28. The second-order valence-corrected chi connectivity index (χ2v) is 10.3. The van der Waals surface area contributed by atoms with Crippen molar-refractivity contribution >= 4 is 64.6 Å². The topological polar surface area (TPSA) is 54.2 Å². The smallest absolute Gasteiger partial charge is 0.150 e. The molecule has 154 valence electrons. The molecular formula is C21H23Br3N4O. The summed E-state index contributed by atoms with van der Waals surface area (Å²) in [6.07, 6.45) is 5.28. The Hall–Kier alpha value is -0.960. The van der Waals surface area contributed by atoms with Crippen LogP contribution in [0.4, 0.5) is 5.82 Å². The van der Waals surface area contributed by atoms with Gasteiger partial charge in [0.2, 0.25) is 0 Å². The van der Waals surface area contributed by atoms with Crippen LogP contribution in [0.1, 0.15) is 30.7 Å². The van der Waals surface area contributed by atoms with Crippen LogP contribution in [-0.4, -0.2) is 39.3 Å². The van der Waals surface area contributed by atoms with Gasteiger partial charge in [-0.05, 0) is 88.6 Å². The van der Waals surface area contributed by atoms with Gasteiger partial charge in [0.05, 0.1) is 11.1 Å². The molecular weight excluding hydrogens is 564 g/mol. The molecule has 3 aromatic rings. The van der Waals surface area contributed by atoms with Gasteiger partial charge >= 0.3 is 0 Å². The fourth-order valence-electron chi connectivity index (χ4n) is 4.23. The average Bonchev–Trinajstić information content (AvgIpc) is 2.97. The molecule has 1 aliphatic heterocycles. The summed E-state index contributed by atoms with van der Waals surface area (Å²) in [6.45, 7) is 6.25. The number of hydrogen-bond donors (Lipinski definition) is 1. The number of aryl methyl sites for hydroxylation is 2. The van der Waals surface area contributed by atoms with E-state index in [0.29, 0.717) is 5.92 Å². The minimum absolute atomic E-state index is 0.248. The maximum Gasteiger partial charge on any atom is 0.150 e. The van der Waals surface area contributed by atoms with Gasteiger partial charge in [0.15, 0.2) is 5.65 Å². The maximum atomic E-state index is 9.38. The van der Waals surface area contributed by atoms with E-state index in [2.05, 4.69) is 70.4 Å². The summed E-state index contributed by atoms with van der Waals surface area (Å²) in [5, 5.41) is 10.5. The Morgan fingerprint density at radius 3 is 2.55 bits per heavy atom. The quantitative estimate of drug-likeness (QED) is 0.412. The molecule has 0 aliphatic carbocycles. The van der Waals surface area contributed by atoms with Crippen LogP contribution < -0.4 is 4.90 Å². The van der Waals surface area contributed by atoms with E-state index in [0.717, 1.165) is 73.3 Å². The molecule has 0 spiro atoms. The molecule has 1 fully saturated rings. The number of anilines is 1. The number of hydrogen-bond acceptors (Lipinski definition) is 4. The molecule has 0 amide bonds. The van der Waals surface area contributed by atoms with Gasteiger partial charge in [-0.25, -0.2) is 9.97 Å². The molecule has 2 aromatic heterocycles. The zero-order valence-electron chi connectivity index (χ0n) is 16.4. The third kappa shape index (κ3) is 4.13. The number of aliphatic hydroxyl groups is 1. The summed E-state index contributed by atoms with van der Waals surface area (Å²) in [5.41, 5.74) is 3.09. The number of fused-ring (bicyclic) bond motifs is 1. The van der Waals surface area contributed by atoms with Crippen molar-refractivity contribution in [1.29, 1.82) is 0 Å². The normalized spacial score (nSPS) is 17.3. The number of halogens is 3. The predicted molar refractivity (Wildman–Crippen MR) is 128 cm³/mol. The first-order valence-electron chi connectivity index (χ1n) is 9.76. The number of benzene rings is 1. The van der Waals surface area contributed by atoms with Crippen molar-refractivity contribution in [3.63, 3.8) is 0 Å². The van der Waals surface area contributed by atoms with Crippen molar-refractivity contribution in [3.05, 3.63) is 43.1 Å². The van der Waals surface area contributed by atoms with E-state index in [1.807, 2.05) is 19.1 Å². The molecule has 1 unspecified atom stereocenters. The van der Waals surface area contributed by atoms with Crippen molar-refractivity contribution in [3.8, 4) is 5.69 Å². The molecule has 0 bridgehead atoms. The molecule has 1 atom stereocenters. The van der Waals surface area contributed by atoms with Crippen molar-refractivity contribution in [2.24, 2.45) is 5.92 Å². The minimum atomic E-state index is 0.248. The Labute approximate surface area is 195 Å². The highest BCUT2D eigenvalue weighted by molar-refractivity contribution is 9.11. The lowest BCUT2D eigenvalue weighted by Gasteiger charge is -2.34. The van der Waals surface area contributed by atoms with Crippen LogP contribution in [-0.2, 0) is 0 Å². The van der Waals surface area contributed by atoms with Gasteiger partial charge < -0.3 is 10.0 Å². The van der Waals surface area contributed by atoms with E-state index in [1.165, 1.54) is 6.42 Å². The number of nitrogens with zero attached hydrogens (tertiary/aromatic N) is 4. The molecule has 4 rings (SSSR count). The predicted octanol–water partition coefficient (Wildman–Crippen LogP) is 5.92. The van der Waals surface area contributed by atoms with Gasteiger partial charge in [-0.1, -0.05) is 15.9 Å². The second-order valence-electron chi connectivity index (χ2n) is 7.66. The molecule has 0 radical (unpaired) electrons. The Bertz CT molecular complexity index is 1040. The summed E-state index contributed by atoms with van der Waals surface area (Å²) in [6, 6.07) is 4.08. The Kier molecular flexibility index (Phi) is 6.35. The molecule has 29 heavy (non-hydrogen) atoms. The summed E-state index contributed by atoms with van der Waals surface area (Å²) >= 11 is 11.0. The summed E-state index contributed by atoms with van der Waals surface area (Å²) in [7, 11) is 0. The summed E-state index contributed by atoms with van der Waals surface area (Å²) in [4.78, 5) is 12.1. The zero-order chi connectivity index (χ0) is 20.7. The van der Waals surface area contributed by atoms with Crippen molar-refractivity contribution < 1.29 is 5.11 Å². The van der Waals surface area contributed by atoms with Crippen molar-refractivity contribution in [1.82, 2.24) is 14.5 Å². The van der Waals surface area contributed by atoms with E-state index in [4.69, 9.17) is 9.97 Å². The third-order valence-electron chi connectivity index (χ3n) is 5.51. The molecule has 1 saturated heterocycles. The molecule has 1 aliphatic rings. The standard InChI is InChI=1S/C21H23Br3N4O/c1-12-10-28(19-16(23)8-15(22)9-17(19)24)21-18(12)20(25-13(2)26-21)27-6-3-4-14(11-27)5-7-29/h8-10,14,29H,3-7,11H2,1-2H3. The van der Waals surface area contributed by atoms with E-state index in [1.54, 1.807) is 0 Å². The van der Waals surface area contributed by atoms with Gasteiger partial charge in [-0.15, -0.1) is 0 Å². The highest BCUT2D eigenvalue weighted by Crippen LogP contribution is 2.38. The van der Waals surface area contributed by atoms with E-state index >= 15 is 0 Å². The van der Waals surface area contributed by atoms with E-state index < -0.39 is 0 Å². The maximum absolute atomic E-state index is 9.38. The van der Waals surface area contributed by atoms with E-state index in [-0.39, 0.29) is 6.61 Å². The van der Waals surface area contributed by atoms with Gasteiger partial charge in [-0.3, -0.25) is 4.57 Å². The van der Waals surface area contributed by atoms with Crippen LogP contribution in [0, 0.1) is 19.8 Å². The number of rotatable bonds is 4. The van der Waals surface area contributed by atoms with E-state index in [9.17, 15) is 5.11 Å². The monoisotopic (exact) mass is 584 g/mol. The zero-order valence-corrected chi connectivity index (χ0v) is 21.2. The van der Waals surface area contributed by atoms with Gasteiger partial charge in [0.25, 0.3) is 0 Å². The fourth-order valence-corrected chi connectivity index (χ4v) is 6.87. The Morgan fingerprint density at radius 2 is 1.86 bits per heavy atom. The first kappa shape index (κ1) is 21.3. The molecule has 1 aromatic carbocycles. The van der Waals surface area contributed by atoms with Gasteiger partial charge in [-0.2, -0.15) is 0 Å². The van der Waals surface area contributed by atoms with Crippen LogP contribution in [0.5, 0.6) is 0 Å². The van der Waals surface area contributed by atoms with Crippen LogP contribution in [0.15, 0.2) is 31.7 Å². The lowest BCUT2D eigenvalue weighted by Crippen LogP contribution is -2.36. The van der Waals surface area contributed by atoms with Crippen LogP contribution in [0.2, 0.25) is 0 Å². The summed E-state index contributed by atoms with van der Waals surface area (Å²) < 4.78 is 5.10. The third-order valence-corrected chi connectivity index (χ3v) is 7.17.